The lowest BCUT2D eigenvalue weighted by atomic mass is 10.1. The summed E-state index contributed by atoms with van der Waals surface area (Å²) in [7, 11) is -3.87. The smallest absolute Gasteiger partial charge is 0.269 e. The van der Waals surface area contributed by atoms with Gasteiger partial charge in [0.2, 0.25) is 5.91 Å². The standard InChI is InChI=1S/C25H24N6O4S/c1-16(32)22-28-20-13-27-23-19(8-12-30(23)36(34,35)18-5-3-2-4-6-18)21(20)31(22)17-7-11-29(14-17)24(33)25(15-26)9-10-25/h2-6,8,12-13,16-17,32H,7,9-11,14H2,1H3/t16-,17?/m1/s1. The summed E-state index contributed by atoms with van der Waals surface area (Å²) in [6.07, 6.45) is 3.92. The lowest BCUT2D eigenvalue weighted by Gasteiger charge is -2.21. The number of benzene rings is 1. The zero-order valence-electron chi connectivity index (χ0n) is 19.6. The highest BCUT2D eigenvalue weighted by molar-refractivity contribution is 7.90. The SMILES string of the molecule is C[C@@H](O)c1nc2cnc3c(ccn3S(=O)(=O)c3ccccc3)c2n1C1CCN(C(=O)C2(C#N)CC2)C1. The maximum atomic E-state index is 13.3. The van der Waals surface area contributed by atoms with Gasteiger partial charge < -0.3 is 14.6 Å². The first kappa shape index (κ1) is 22.7. The molecule has 3 aromatic heterocycles. The third-order valence-electron chi connectivity index (χ3n) is 7.22. The average molecular weight is 505 g/mol. The van der Waals surface area contributed by atoms with E-state index in [2.05, 4.69) is 16.0 Å². The quantitative estimate of drug-likeness (QED) is 0.442. The molecule has 1 amide bonds. The topological polar surface area (TPSA) is 134 Å². The highest BCUT2D eigenvalue weighted by atomic mass is 32.2. The van der Waals surface area contributed by atoms with Crippen LogP contribution in [0.4, 0.5) is 0 Å². The fraction of sp³-hybridized carbons (Fsp3) is 0.360. The predicted octanol–water partition coefficient (Wildman–Crippen LogP) is 2.75. The van der Waals surface area contributed by atoms with Crippen LogP contribution in [0.25, 0.3) is 22.1 Å². The highest BCUT2D eigenvalue weighted by Gasteiger charge is 2.53. The van der Waals surface area contributed by atoms with E-state index >= 15 is 0 Å². The molecule has 4 heterocycles. The molecule has 1 aromatic carbocycles. The highest BCUT2D eigenvalue weighted by Crippen LogP contribution is 2.47. The summed E-state index contributed by atoms with van der Waals surface area (Å²) in [5.41, 5.74) is 0.573. The van der Waals surface area contributed by atoms with Gasteiger partial charge in [-0.25, -0.2) is 22.4 Å². The third kappa shape index (κ3) is 3.25. The number of pyridine rings is 1. The Morgan fingerprint density at radius 3 is 2.67 bits per heavy atom. The van der Waals surface area contributed by atoms with E-state index in [1.807, 2.05) is 4.57 Å². The normalized spacial score (nSPS) is 20.0. The summed E-state index contributed by atoms with van der Waals surface area (Å²) < 4.78 is 29.7. The molecule has 1 aliphatic heterocycles. The monoisotopic (exact) mass is 504 g/mol. The Labute approximate surface area is 207 Å². The maximum absolute atomic E-state index is 13.3. The maximum Gasteiger partial charge on any atom is 0.269 e. The zero-order valence-corrected chi connectivity index (χ0v) is 20.4. The Balaban J connectivity index is 1.48. The Hall–Kier alpha value is -3.75. The molecule has 2 atom stereocenters. The van der Waals surface area contributed by atoms with Crippen molar-refractivity contribution in [3.63, 3.8) is 0 Å². The summed E-state index contributed by atoms with van der Waals surface area (Å²) in [4.78, 5) is 23.9. The second-order valence-electron chi connectivity index (χ2n) is 9.56. The minimum atomic E-state index is -3.87. The van der Waals surface area contributed by atoms with Crippen molar-refractivity contribution in [3.8, 4) is 6.07 Å². The Kier molecular flexibility index (Phi) is 4.97. The number of aliphatic hydroxyl groups is 1. The average Bonchev–Trinajstić information content (AvgIpc) is 3.21. The molecule has 1 saturated heterocycles. The van der Waals surface area contributed by atoms with Gasteiger partial charge in [0.05, 0.1) is 28.7 Å². The van der Waals surface area contributed by atoms with E-state index in [1.165, 1.54) is 24.5 Å². The molecule has 2 aliphatic rings. The van der Waals surface area contributed by atoms with E-state index in [9.17, 15) is 23.6 Å². The summed E-state index contributed by atoms with van der Waals surface area (Å²) >= 11 is 0. The van der Waals surface area contributed by atoms with Crippen molar-refractivity contribution in [3.05, 3.63) is 54.6 Å². The molecule has 10 nitrogen and oxygen atoms in total. The molecular weight excluding hydrogens is 480 g/mol. The van der Waals surface area contributed by atoms with Crippen molar-refractivity contribution in [1.82, 2.24) is 23.4 Å². The summed E-state index contributed by atoms with van der Waals surface area (Å²) in [6.45, 7) is 2.52. The number of rotatable bonds is 5. The van der Waals surface area contributed by atoms with Crippen molar-refractivity contribution < 1.29 is 18.3 Å². The summed E-state index contributed by atoms with van der Waals surface area (Å²) in [6, 6.07) is 11.8. The van der Waals surface area contributed by atoms with E-state index in [4.69, 9.17) is 0 Å². The van der Waals surface area contributed by atoms with Crippen molar-refractivity contribution >= 4 is 38.0 Å². The molecule has 36 heavy (non-hydrogen) atoms. The number of carbonyl (C=O) groups is 1. The minimum absolute atomic E-state index is 0.137. The zero-order chi connectivity index (χ0) is 25.2. The number of nitriles is 1. The van der Waals surface area contributed by atoms with Crippen molar-refractivity contribution in [2.24, 2.45) is 5.41 Å². The first-order valence-electron chi connectivity index (χ1n) is 11.8. The number of hydrogen-bond donors (Lipinski definition) is 1. The number of likely N-dealkylation sites (tertiary alicyclic amines) is 1. The van der Waals surface area contributed by atoms with Crippen LogP contribution < -0.4 is 0 Å². The van der Waals surface area contributed by atoms with Gasteiger partial charge in [-0.05, 0) is 44.4 Å². The van der Waals surface area contributed by atoms with Gasteiger partial charge in [-0.15, -0.1) is 0 Å². The first-order chi connectivity index (χ1) is 17.3. The molecule has 0 radical (unpaired) electrons. The van der Waals surface area contributed by atoms with Crippen LogP contribution in [0.3, 0.4) is 0 Å². The van der Waals surface area contributed by atoms with E-state index in [1.54, 1.807) is 36.1 Å². The minimum Gasteiger partial charge on any atom is -0.385 e. The Morgan fingerprint density at radius 2 is 2.00 bits per heavy atom. The van der Waals surface area contributed by atoms with Crippen LogP contribution in [0, 0.1) is 16.7 Å². The number of amides is 1. The number of aliphatic hydroxyl groups excluding tert-OH is 1. The van der Waals surface area contributed by atoms with Crippen LogP contribution in [0.1, 0.15) is 44.2 Å². The van der Waals surface area contributed by atoms with Crippen molar-refractivity contribution in [1.29, 1.82) is 5.26 Å². The molecule has 0 bridgehead atoms. The van der Waals surface area contributed by atoms with Gasteiger partial charge in [-0.2, -0.15) is 5.26 Å². The molecule has 2 fully saturated rings. The molecule has 184 valence electrons. The van der Waals surface area contributed by atoms with Gasteiger partial charge >= 0.3 is 0 Å². The second kappa shape index (κ2) is 7.88. The molecule has 1 N–H and O–H groups in total. The Morgan fingerprint density at radius 1 is 1.25 bits per heavy atom. The molecule has 11 heteroatoms. The summed E-state index contributed by atoms with van der Waals surface area (Å²) in [5, 5.41) is 20.6. The summed E-state index contributed by atoms with van der Waals surface area (Å²) in [5.74, 6) is 0.293. The fourth-order valence-corrected chi connectivity index (χ4v) is 6.49. The molecule has 1 saturated carbocycles. The van der Waals surface area contributed by atoms with Crippen LogP contribution in [-0.2, 0) is 14.8 Å². The third-order valence-corrected chi connectivity index (χ3v) is 8.90. The van der Waals surface area contributed by atoms with E-state index < -0.39 is 21.5 Å². The van der Waals surface area contributed by atoms with Gasteiger partial charge in [0.25, 0.3) is 10.0 Å². The lowest BCUT2D eigenvalue weighted by Crippen LogP contribution is -2.35. The van der Waals surface area contributed by atoms with E-state index in [0.29, 0.717) is 54.6 Å². The number of imidazole rings is 1. The van der Waals surface area contributed by atoms with Gasteiger partial charge in [-0.3, -0.25) is 4.79 Å². The van der Waals surface area contributed by atoms with Crippen LogP contribution in [0.15, 0.2) is 53.7 Å². The molecule has 6 rings (SSSR count). The van der Waals surface area contributed by atoms with Crippen LogP contribution in [0.2, 0.25) is 0 Å². The molecule has 4 aromatic rings. The molecule has 1 aliphatic carbocycles. The number of aromatic nitrogens is 4. The van der Waals surface area contributed by atoms with Crippen LogP contribution in [0.5, 0.6) is 0 Å². The molecular formula is C25H24N6O4S. The van der Waals surface area contributed by atoms with Gasteiger partial charge in [-0.1, -0.05) is 18.2 Å². The number of carbonyl (C=O) groups excluding carboxylic acids is 1. The number of nitrogens with zero attached hydrogens (tertiary/aromatic N) is 6. The number of hydrogen-bond acceptors (Lipinski definition) is 7. The molecule has 1 unspecified atom stereocenters. The van der Waals surface area contributed by atoms with E-state index in [-0.39, 0.29) is 22.5 Å². The second-order valence-corrected chi connectivity index (χ2v) is 11.4. The predicted molar refractivity (Wildman–Crippen MR) is 130 cm³/mol. The van der Waals surface area contributed by atoms with Gasteiger partial charge in [0, 0.05) is 24.7 Å². The number of fused-ring (bicyclic) bond motifs is 3. The van der Waals surface area contributed by atoms with E-state index in [0.717, 1.165) is 3.97 Å². The van der Waals surface area contributed by atoms with Crippen LogP contribution in [-0.4, -0.2) is 55.9 Å². The van der Waals surface area contributed by atoms with Crippen molar-refractivity contribution in [2.45, 2.75) is 43.2 Å². The largest absolute Gasteiger partial charge is 0.385 e. The van der Waals surface area contributed by atoms with Crippen molar-refractivity contribution in [2.75, 3.05) is 13.1 Å². The fourth-order valence-electron chi connectivity index (χ4n) is 5.17. The van der Waals surface area contributed by atoms with Crippen LogP contribution >= 0.6 is 0 Å². The lowest BCUT2D eigenvalue weighted by molar-refractivity contribution is -0.133. The van der Waals surface area contributed by atoms with Gasteiger partial charge in [0.15, 0.2) is 5.65 Å². The Bertz CT molecular complexity index is 1660. The first-order valence-corrected chi connectivity index (χ1v) is 13.3. The molecule has 0 spiro atoms. The van der Waals surface area contributed by atoms with Gasteiger partial charge in [0.1, 0.15) is 22.9 Å².